The molecule has 0 saturated carbocycles. The van der Waals surface area contributed by atoms with E-state index in [1.54, 1.807) is 7.11 Å². The summed E-state index contributed by atoms with van der Waals surface area (Å²) in [5.41, 5.74) is 0. The zero-order chi connectivity index (χ0) is 18.6. The van der Waals surface area contributed by atoms with Crippen molar-refractivity contribution in [1.82, 2.24) is 15.1 Å². The van der Waals surface area contributed by atoms with Crippen molar-refractivity contribution in [1.29, 1.82) is 0 Å². The largest absolute Gasteiger partial charge is 0.385 e. The van der Waals surface area contributed by atoms with Gasteiger partial charge in [-0.15, -0.1) is 24.0 Å². The topological polar surface area (TPSA) is 49.3 Å². The van der Waals surface area contributed by atoms with Crippen molar-refractivity contribution in [2.24, 2.45) is 4.99 Å². The van der Waals surface area contributed by atoms with E-state index in [0.717, 1.165) is 64.1 Å². The first-order chi connectivity index (χ1) is 12.7. The number of ether oxygens (including phenoxy) is 2. The second-order valence-corrected chi connectivity index (χ2v) is 7.61. The van der Waals surface area contributed by atoms with E-state index in [1.807, 2.05) is 7.05 Å². The van der Waals surface area contributed by atoms with Crippen LogP contribution in [-0.4, -0.2) is 88.0 Å². The first-order valence-corrected chi connectivity index (χ1v) is 10.5. The molecule has 0 bridgehead atoms. The van der Waals surface area contributed by atoms with Crippen molar-refractivity contribution >= 4 is 29.9 Å². The van der Waals surface area contributed by atoms with Crippen LogP contribution in [0.3, 0.4) is 0 Å². The van der Waals surface area contributed by atoms with Gasteiger partial charge in [-0.2, -0.15) is 0 Å². The van der Waals surface area contributed by atoms with Crippen molar-refractivity contribution in [3.05, 3.63) is 0 Å². The average Bonchev–Trinajstić information content (AvgIpc) is 2.67. The van der Waals surface area contributed by atoms with Gasteiger partial charge in [0.05, 0.1) is 6.10 Å². The summed E-state index contributed by atoms with van der Waals surface area (Å²) in [6.07, 6.45) is 8.84. The van der Waals surface area contributed by atoms with Gasteiger partial charge in [-0.05, 0) is 52.0 Å². The summed E-state index contributed by atoms with van der Waals surface area (Å²) < 4.78 is 11.0. The van der Waals surface area contributed by atoms with E-state index in [9.17, 15) is 0 Å². The Hall–Kier alpha value is -0.120. The molecule has 0 radical (unpaired) electrons. The molecule has 0 spiro atoms. The SMILES string of the molecule is CN=C(NCCCN1CCCCC1C)N1CCC(OCCCOC)CC1.I. The molecule has 6 nitrogen and oxygen atoms in total. The molecule has 2 aliphatic heterocycles. The lowest BCUT2D eigenvalue weighted by Gasteiger charge is -2.35. The summed E-state index contributed by atoms with van der Waals surface area (Å²) >= 11 is 0. The summed E-state index contributed by atoms with van der Waals surface area (Å²) in [6, 6.07) is 0.756. The van der Waals surface area contributed by atoms with Gasteiger partial charge in [0.1, 0.15) is 0 Å². The number of rotatable bonds is 9. The number of guanidine groups is 1. The number of methoxy groups -OCH3 is 1. The standard InChI is InChI=1S/C20H40N4O2.HI/c1-18-8-4-5-12-23(18)13-6-11-22-20(21-2)24-14-9-19(10-15-24)26-17-7-16-25-3;/h18-19H,4-17H2,1-3H3,(H,21,22);1H. The quantitative estimate of drug-likeness (QED) is 0.230. The molecule has 1 N–H and O–H groups in total. The Kier molecular flexibility index (Phi) is 13.7. The summed E-state index contributed by atoms with van der Waals surface area (Å²) in [6.45, 7) is 9.48. The number of hydrogen-bond donors (Lipinski definition) is 1. The van der Waals surface area contributed by atoms with Gasteiger partial charge in [-0.25, -0.2) is 0 Å². The van der Waals surface area contributed by atoms with Gasteiger partial charge >= 0.3 is 0 Å². The maximum Gasteiger partial charge on any atom is 0.193 e. The molecular formula is C20H41IN4O2. The number of likely N-dealkylation sites (tertiary alicyclic amines) is 2. The first-order valence-electron chi connectivity index (χ1n) is 10.5. The number of nitrogens with zero attached hydrogens (tertiary/aromatic N) is 3. The van der Waals surface area contributed by atoms with E-state index in [1.165, 1.54) is 38.8 Å². The molecule has 0 aliphatic carbocycles. The Morgan fingerprint density at radius 2 is 1.85 bits per heavy atom. The van der Waals surface area contributed by atoms with Crippen molar-refractivity contribution in [2.45, 2.75) is 64.0 Å². The summed E-state index contributed by atoms with van der Waals surface area (Å²) in [5.74, 6) is 1.05. The second-order valence-electron chi connectivity index (χ2n) is 7.61. The van der Waals surface area contributed by atoms with Gasteiger partial charge < -0.3 is 24.6 Å². The number of aliphatic imine (C=N–C) groups is 1. The predicted octanol–water partition coefficient (Wildman–Crippen LogP) is 2.96. The highest BCUT2D eigenvalue weighted by molar-refractivity contribution is 14.0. The molecule has 0 aromatic carbocycles. The maximum absolute atomic E-state index is 5.95. The Balaban J connectivity index is 0.00000364. The van der Waals surface area contributed by atoms with Crippen LogP contribution in [0.25, 0.3) is 0 Å². The van der Waals surface area contributed by atoms with Crippen LogP contribution in [0.5, 0.6) is 0 Å². The van der Waals surface area contributed by atoms with Crippen LogP contribution in [0.4, 0.5) is 0 Å². The predicted molar refractivity (Wildman–Crippen MR) is 123 cm³/mol. The van der Waals surface area contributed by atoms with Gasteiger partial charge in [0, 0.05) is 59.6 Å². The minimum Gasteiger partial charge on any atom is -0.385 e. The van der Waals surface area contributed by atoms with Gasteiger partial charge in [0.2, 0.25) is 0 Å². The Bertz CT molecular complexity index is 403. The van der Waals surface area contributed by atoms with Crippen molar-refractivity contribution < 1.29 is 9.47 Å². The third-order valence-electron chi connectivity index (χ3n) is 5.65. The fourth-order valence-electron chi connectivity index (χ4n) is 3.99. The fourth-order valence-corrected chi connectivity index (χ4v) is 3.99. The van der Waals surface area contributed by atoms with E-state index in [-0.39, 0.29) is 24.0 Å². The smallest absolute Gasteiger partial charge is 0.193 e. The molecule has 27 heavy (non-hydrogen) atoms. The molecule has 2 saturated heterocycles. The molecule has 2 fully saturated rings. The van der Waals surface area contributed by atoms with Crippen LogP contribution in [0.2, 0.25) is 0 Å². The third-order valence-corrected chi connectivity index (χ3v) is 5.65. The molecule has 1 unspecified atom stereocenters. The lowest BCUT2D eigenvalue weighted by atomic mass is 10.0. The van der Waals surface area contributed by atoms with Crippen LogP contribution in [0.1, 0.15) is 51.9 Å². The van der Waals surface area contributed by atoms with E-state index < -0.39 is 0 Å². The monoisotopic (exact) mass is 496 g/mol. The molecule has 2 rings (SSSR count). The average molecular weight is 496 g/mol. The molecule has 0 aromatic rings. The van der Waals surface area contributed by atoms with Gasteiger partial charge in [-0.1, -0.05) is 6.42 Å². The number of halogens is 1. The Morgan fingerprint density at radius 3 is 2.52 bits per heavy atom. The molecule has 2 aliphatic rings. The third kappa shape index (κ3) is 9.28. The molecule has 160 valence electrons. The van der Waals surface area contributed by atoms with Gasteiger partial charge in [0.15, 0.2) is 5.96 Å². The van der Waals surface area contributed by atoms with Gasteiger partial charge in [-0.3, -0.25) is 4.99 Å². The van der Waals surface area contributed by atoms with Crippen molar-refractivity contribution in [2.75, 3.05) is 60.1 Å². The second kappa shape index (κ2) is 14.8. The number of hydrogen-bond acceptors (Lipinski definition) is 4. The van der Waals surface area contributed by atoms with Crippen LogP contribution in [0, 0.1) is 0 Å². The molecule has 7 heteroatoms. The number of nitrogens with one attached hydrogen (secondary N) is 1. The van der Waals surface area contributed by atoms with Crippen LogP contribution < -0.4 is 5.32 Å². The molecular weight excluding hydrogens is 455 g/mol. The highest BCUT2D eigenvalue weighted by Gasteiger charge is 2.22. The van der Waals surface area contributed by atoms with E-state index in [0.29, 0.717) is 6.10 Å². The minimum atomic E-state index is 0. The maximum atomic E-state index is 5.95. The zero-order valence-corrected chi connectivity index (χ0v) is 20.0. The van der Waals surface area contributed by atoms with E-state index in [4.69, 9.17) is 9.47 Å². The van der Waals surface area contributed by atoms with Crippen molar-refractivity contribution in [3.63, 3.8) is 0 Å². The highest BCUT2D eigenvalue weighted by atomic mass is 127. The molecule has 0 aromatic heterocycles. The van der Waals surface area contributed by atoms with Crippen LogP contribution in [-0.2, 0) is 9.47 Å². The summed E-state index contributed by atoms with van der Waals surface area (Å²) in [7, 11) is 3.63. The van der Waals surface area contributed by atoms with Crippen LogP contribution in [0.15, 0.2) is 4.99 Å². The Labute approximate surface area is 183 Å². The van der Waals surface area contributed by atoms with Crippen LogP contribution >= 0.6 is 24.0 Å². The molecule has 0 amide bonds. The molecule has 2 heterocycles. The normalized spacial score (nSPS) is 22.6. The molecule has 1 atom stereocenters. The van der Waals surface area contributed by atoms with E-state index >= 15 is 0 Å². The van der Waals surface area contributed by atoms with E-state index in [2.05, 4.69) is 27.0 Å². The zero-order valence-electron chi connectivity index (χ0n) is 17.6. The summed E-state index contributed by atoms with van der Waals surface area (Å²) in [4.78, 5) is 9.50. The van der Waals surface area contributed by atoms with Crippen molar-refractivity contribution in [3.8, 4) is 0 Å². The van der Waals surface area contributed by atoms with Gasteiger partial charge in [0.25, 0.3) is 0 Å². The fraction of sp³-hybridized carbons (Fsp3) is 0.950. The lowest BCUT2D eigenvalue weighted by Crippen LogP contribution is -2.47. The first kappa shape index (κ1) is 24.9. The summed E-state index contributed by atoms with van der Waals surface area (Å²) in [5, 5.41) is 3.56. The Morgan fingerprint density at radius 1 is 1.07 bits per heavy atom. The lowest BCUT2D eigenvalue weighted by molar-refractivity contribution is 0.00990. The minimum absolute atomic E-state index is 0. The highest BCUT2D eigenvalue weighted by Crippen LogP contribution is 2.16. The number of piperidine rings is 2.